The Morgan fingerprint density at radius 1 is 1.12 bits per heavy atom. The van der Waals surface area contributed by atoms with Crippen molar-refractivity contribution < 1.29 is 14.3 Å². The molecule has 2 unspecified atom stereocenters. The Morgan fingerprint density at radius 2 is 2.00 bits per heavy atom. The van der Waals surface area contributed by atoms with Gasteiger partial charge < -0.3 is 19.2 Å². The Morgan fingerprint density at radius 3 is 2.79 bits per heavy atom. The molecule has 0 amide bonds. The van der Waals surface area contributed by atoms with Crippen molar-refractivity contribution in [3.8, 4) is 0 Å². The standard InChI is InChI=1S/C19H32N2O3/c22-18(19-7-4-13-24-19)16-17-6-2-1-3-9-21(17)10-5-8-20-11-14-23-15-12-20/h4,7,13,17-18,22H,1-3,5-6,8-12,14-16H2. The van der Waals surface area contributed by atoms with Crippen LogP contribution in [0.25, 0.3) is 0 Å². The number of likely N-dealkylation sites (tertiary alicyclic amines) is 1. The molecular formula is C19H32N2O3. The van der Waals surface area contributed by atoms with Crippen LogP contribution < -0.4 is 0 Å². The molecule has 5 nitrogen and oxygen atoms in total. The summed E-state index contributed by atoms with van der Waals surface area (Å²) in [5, 5.41) is 10.5. The van der Waals surface area contributed by atoms with Gasteiger partial charge in [0.25, 0.3) is 0 Å². The first-order valence-corrected chi connectivity index (χ1v) is 9.58. The molecule has 1 N–H and O–H groups in total. The van der Waals surface area contributed by atoms with Crippen LogP contribution >= 0.6 is 0 Å². The molecular weight excluding hydrogens is 304 g/mol. The molecule has 1 aromatic heterocycles. The Hall–Kier alpha value is -0.880. The molecule has 2 aliphatic heterocycles. The third-order valence-corrected chi connectivity index (χ3v) is 5.39. The summed E-state index contributed by atoms with van der Waals surface area (Å²) in [5.41, 5.74) is 0. The summed E-state index contributed by atoms with van der Waals surface area (Å²) in [5.74, 6) is 0.701. The lowest BCUT2D eigenvalue weighted by molar-refractivity contribution is 0.0341. The summed E-state index contributed by atoms with van der Waals surface area (Å²) in [6.07, 6.45) is 8.21. The molecule has 0 spiro atoms. The van der Waals surface area contributed by atoms with E-state index in [4.69, 9.17) is 9.15 Å². The second-order valence-corrected chi connectivity index (χ2v) is 7.11. The first-order valence-electron chi connectivity index (χ1n) is 9.58. The van der Waals surface area contributed by atoms with Crippen LogP contribution in [0, 0.1) is 0 Å². The number of hydrogen-bond acceptors (Lipinski definition) is 5. The summed E-state index contributed by atoms with van der Waals surface area (Å²) in [4.78, 5) is 5.12. The maximum absolute atomic E-state index is 10.5. The Labute approximate surface area is 145 Å². The van der Waals surface area contributed by atoms with Gasteiger partial charge in [0.05, 0.1) is 19.5 Å². The molecule has 5 heteroatoms. The van der Waals surface area contributed by atoms with Crippen molar-refractivity contribution in [3.05, 3.63) is 24.2 Å². The Kier molecular flexibility index (Phi) is 7.14. The molecule has 24 heavy (non-hydrogen) atoms. The van der Waals surface area contributed by atoms with E-state index in [1.807, 2.05) is 12.1 Å². The van der Waals surface area contributed by atoms with Crippen molar-refractivity contribution in [2.45, 2.75) is 50.7 Å². The van der Waals surface area contributed by atoms with Gasteiger partial charge in [-0.2, -0.15) is 0 Å². The highest BCUT2D eigenvalue weighted by Crippen LogP contribution is 2.26. The SMILES string of the molecule is OC(CC1CCCCCN1CCCN1CCOCC1)c1ccco1. The van der Waals surface area contributed by atoms with E-state index in [0.29, 0.717) is 11.8 Å². The van der Waals surface area contributed by atoms with Gasteiger partial charge in [-0.3, -0.25) is 4.90 Å². The quantitative estimate of drug-likeness (QED) is 0.829. The minimum Gasteiger partial charge on any atom is -0.467 e. The van der Waals surface area contributed by atoms with E-state index in [0.717, 1.165) is 45.8 Å². The van der Waals surface area contributed by atoms with Gasteiger partial charge in [-0.1, -0.05) is 12.8 Å². The molecule has 2 atom stereocenters. The first kappa shape index (κ1) is 17.9. The van der Waals surface area contributed by atoms with Crippen LogP contribution in [-0.2, 0) is 4.74 Å². The van der Waals surface area contributed by atoms with Crippen LogP contribution in [0.2, 0.25) is 0 Å². The van der Waals surface area contributed by atoms with Gasteiger partial charge >= 0.3 is 0 Å². The van der Waals surface area contributed by atoms with E-state index in [-0.39, 0.29) is 0 Å². The highest BCUT2D eigenvalue weighted by molar-refractivity contribution is 5.02. The summed E-state index contributed by atoms with van der Waals surface area (Å²) in [6.45, 7) is 7.35. The van der Waals surface area contributed by atoms with Crippen LogP contribution in [0.3, 0.4) is 0 Å². The molecule has 136 valence electrons. The summed E-state index contributed by atoms with van der Waals surface area (Å²) in [6, 6.07) is 4.20. The van der Waals surface area contributed by atoms with Gasteiger partial charge in [0.15, 0.2) is 0 Å². The van der Waals surface area contributed by atoms with Crippen LogP contribution in [0.15, 0.2) is 22.8 Å². The predicted molar refractivity (Wildman–Crippen MR) is 94.0 cm³/mol. The fourth-order valence-electron chi connectivity index (χ4n) is 3.98. The van der Waals surface area contributed by atoms with Crippen molar-refractivity contribution in [1.29, 1.82) is 0 Å². The maximum Gasteiger partial charge on any atom is 0.132 e. The van der Waals surface area contributed by atoms with Crippen LogP contribution in [0.4, 0.5) is 0 Å². The minimum atomic E-state index is -0.482. The van der Waals surface area contributed by atoms with Gasteiger partial charge in [0.1, 0.15) is 11.9 Å². The van der Waals surface area contributed by atoms with Gasteiger partial charge in [-0.05, 0) is 57.5 Å². The van der Waals surface area contributed by atoms with E-state index < -0.39 is 6.10 Å². The third kappa shape index (κ3) is 5.31. The molecule has 0 bridgehead atoms. The van der Waals surface area contributed by atoms with Crippen molar-refractivity contribution >= 4 is 0 Å². The summed E-state index contributed by atoms with van der Waals surface area (Å²) >= 11 is 0. The molecule has 3 rings (SSSR count). The zero-order valence-electron chi connectivity index (χ0n) is 14.7. The molecule has 2 saturated heterocycles. The van der Waals surface area contributed by atoms with Crippen molar-refractivity contribution in [2.24, 2.45) is 0 Å². The number of morpholine rings is 1. The summed E-state index contributed by atoms with van der Waals surface area (Å²) in [7, 11) is 0. The average Bonchev–Trinajstić information content (AvgIpc) is 3.06. The number of aliphatic hydroxyl groups excluding tert-OH is 1. The zero-order valence-corrected chi connectivity index (χ0v) is 14.7. The molecule has 2 fully saturated rings. The number of hydrogen-bond donors (Lipinski definition) is 1. The van der Waals surface area contributed by atoms with E-state index in [1.54, 1.807) is 6.26 Å². The Balaban J connectivity index is 1.48. The second-order valence-electron chi connectivity index (χ2n) is 7.11. The number of furan rings is 1. The molecule has 0 radical (unpaired) electrons. The zero-order chi connectivity index (χ0) is 16.6. The summed E-state index contributed by atoms with van der Waals surface area (Å²) < 4.78 is 10.8. The van der Waals surface area contributed by atoms with Gasteiger partial charge in [-0.15, -0.1) is 0 Å². The number of nitrogens with zero attached hydrogens (tertiary/aromatic N) is 2. The third-order valence-electron chi connectivity index (χ3n) is 5.39. The first-order chi connectivity index (χ1) is 11.8. The fourth-order valence-corrected chi connectivity index (χ4v) is 3.98. The molecule has 0 aromatic carbocycles. The number of ether oxygens (including phenoxy) is 1. The largest absolute Gasteiger partial charge is 0.467 e. The monoisotopic (exact) mass is 336 g/mol. The second kappa shape index (κ2) is 9.56. The van der Waals surface area contributed by atoms with Crippen molar-refractivity contribution in [3.63, 3.8) is 0 Å². The fraction of sp³-hybridized carbons (Fsp3) is 0.789. The van der Waals surface area contributed by atoms with Crippen LogP contribution in [0.5, 0.6) is 0 Å². The lowest BCUT2D eigenvalue weighted by Crippen LogP contribution is -2.40. The van der Waals surface area contributed by atoms with E-state index in [1.165, 1.54) is 38.6 Å². The molecule has 1 aromatic rings. The average molecular weight is 336 g/mol. The lowest BCUT2D eigenvalue weighted by atomic mass is 10.0. The van der Waals surface area contributed by atoms with Crippen molar-refractivity contribution in [1.82, 2.24) is 9.80 Å². The Bertz CT molecular complexity index is 445. The van der Waals surface area contributed by atoms with Gasteiger partial charge in [0, 0.05) is 19.1 Å². The molecule has 0 aliphatic carbocycles. The van der Waals surface area contributed by atoms with Gasteiger partial charge in [0.2, 0.25) is 0 Å². The molecule has 0 saturated carbocycles. The maximum atomic E-state index is 10.5. The normalized spacial score (nSPS) is 25.5. The lowest BCUT2D eigenvalue weighted by Gasteiger charge is -2.32. The van der Waals surface area contributed by atoms with Crippen molar-refractivity contribution in [2.75, 3.05) is 45.9 Å². The number of aliphatic hydroxyl groups is 1. The molecule has 2 aliphatic rings. The highest BCUT2D eigenvalue weighted by atomic mass is 16.5. The topological polar surface area (TPSA) is 49.1 Å². The van der Waals surface area contributed by atoms with Gasteiger partial charge in [-0.25, -0.2) is 0 Å². The van der Waals surface area contributed by atoms with Crippen LogP contribution in [0.1, 0.15) is 50.4 Å². The van der Waals surface area contributed by atoms with E-state index >= 15 is 0 Å². The van der Waals surface area contributed by atoms with E-state index in [2.05, 4.69) is 9.80 Å². The predicted octanol–water partition coefficient (Wildman–Crippen LogP) is 2.67. The van der Waals surface area contributed by atoms with Crippen LogP contribution in [-0.4, -0.2) is 66.9 Å². The highest BCUT2D eigenvalue weighted by Gasteiger charge is 2.25. The smallest absolute Gasteiger partial charge is 0.132 e. The minimum absolute atomic E-state index is 0.470. The number of rotatable bonds is 7. The van der Waals surface area contributed by atoms with E-state index in [9.17, 15) is 5.11 Å². The molecule has 3 heterocycles.